The van der Waals surface area contributed by atoms with Gasteiger partial charge in [-0.3, -0.25) is 15.1 Å². The first kappa shape index (κ1) is 13.5. The van der Waals surface area contributed by atoms with Crippen LogP contribution in [0.1, 0.15) is 11.4 Å². The van der Waals surface area contributed by atoms with Gasteiger partial charge in [0, 0.05) is 25.0 Å². The molecule has 0 radical (unpaired) electrons. The number of aromatic amines is 1. The van der Waals surface area contributed by atoms with Crippen molar-refractivity contribution in [3.8, 4) is 11.3 Å². The van der Waals surface area contributed by atoms with E-state index in [1.54, 1.807) is 44.0 Å². The number of nitrogens with zero attached hydrogens (tertiary/aromatic N) is 4. The highest BCUT2D eigenvalue weighted by molar-refractivity contribution is 5.83. The number of aliphatic imine (C=N–C) groups is 1. The molecule has 2 rings (SSSR count). The van der Waals surface area contributed by atoms with Crippen LogP contribution >= 0.6 is 0 Å². The van der Waals surface area contributed by atoms with Crippen molar-refractivity contribution in [2.24, 2.45) is 16.5 Å². The molecule has 2 aromatic rings. The van der Waals surface area contributed by atoms with Gasteiger partial charge in [0.25, 0.3) is 0 Å². The summed E-state index contributed by atoms with van der Waals surface area (Å²) in [6.07, 6.45) is 11.3. The summed E-state index contributed by atoms with van der Waals surface area (Å²) in [7, 11) is 1.67. The molecule has 0 aliphatic rings. The second-order valence-electron chi connectivity index (χ2n) is 3.86. The quantitative estimate of drug-likeness (QED) is 0.709. The molecule has 2 aromatic heterocycles. The predicted molar refractivity (Wildman–Crippen MR) is 79.4 cm³/mol. The van der Waals surface area contributed by atoms with E-state index >= 15 is 0 Å². The summed E-state index contributed by atoms with van der Waals surface area (Å²) in [6.45, 7) is 0. The van der Waals surface area contributed by atoms with Gasteiger partial charge in [-0.15, -0.1) is 0 Å². The highest BCUT2D eigenvalue weighted by atomic mass is 15.1. The molecule has 0 fully saturated rings. The Hall–Kier alpha value is -2.96. The van der Waals surface area contributed by atoms with E-state index in [0.717, 1.165) is 5.56 Å². The molecule has 0 aromatic carbocycles. The summed E-state index contributed by atoms with van der Waals surface area (Å²) in [5.41, 5.74) is 14.5. The predicted octanol–water partition coefficient (Wildman–Crippen LogP) is 0.796. The summed E-state index contributed by atoms with van der Waals surface area (Å²) >= 11 is 0. The Balaban J connectivity index is 2.52. The normalized spacial score (nSPS) is 12.6. The number of aromatic nitrogens is 4. The van der Waals surface area contributed by atoms with Crippen LogP contribution in [0.25, 0.3) is 23.0 Å². The number of H-pyrrole nitrogens is 1. The Morgan fingerprint density at radius 2 is 2.25 bits per heavy atom. The van der Waals surface area contributed by atoms with Crippen molar-refractivity contribution in [1.29, 1.82) is 0 Å². The summed E-state index contributed by atoms with van der Waals surface area (Å²) in [5, 5.41) is 6.65. The first-order valence-corrected chi connectivity index (χ1v) is 5.89. The average Bonchev–Trinajstić information content (AvgIpc) is 2.99. The van der Waals surface area contributed by atoms with Gasteiger partial charge in [-0.1, -0.05) is 0 Å². The van der Waals surface area contributed by atoms with Crippen LogP contribution in [0.5, 0.6) is 0 Å². The molecule has 0 saturated carbocycles. The minimum atomic E-state index is 0.483. The smallest absolute Gasteiger partial charge is 0.105 e. The lowest BCUT2D eigenvalue weighted by atomic mass is 10.1. The van der Waals surface area contributed by atoms with Crippen LogP contribution in [-0.2, 0) is 0 Å². The minimum absolute atomic E-state index is 0.483. The van der Waals surface area contributed by atoms with Crippen molar-refractivity contribution >= 4 is 18.0 Å². The molecule has 0 spiro atoms. The monoisotopic (exact) mass is 269 g/mol. The molecule has 20 heavy (non-hydrogen) atoms. The first-order chi connectivity index (χ1) is 9.76. The van der Waals surface area contributed by atoms with E-state index in [0.29, 0.717) is 22.8 Å². The molecular weight excluding hydrogens is 254 g/mol. The van der Waals surface area contributed by atoms with Gasteiger partial charge in [-0.25, -0.2) is 4.98 Å². The number of rotatable bonds is 4. The van der Waals surface area contributed by atoms with E-state index in [1.807, 2.05) is 0 Å². The largest absolute Gasteiger partial charge is 0.405 e. The molecule has 5 N–H and O–H groups in total. The molecule has 0 saturated heterocycles. The molecule has 0 aliphatic carbocycles. The number of nitrogens with two attached hydrogens (primary N) is 2. The number of nitrogens with one attached hydrogen (secondary N) is 1. The Morgan fingerprint density at radius 3 is 2.90 bits per heavy atom. The highest BCUT2D eigenvalue weighted by Crippen LogP contribution is 2.21. The van der Waals surface area contributed by atoms with Crippen molar-refractivity contribution in [2.45, 2.75) is 0 Å². The van der Waals surface area contributed by atoms with Crippen molar-refractivity contribution in [3.63, 3.8) is 0 Å². The number of hydrogen-bond acceptors (Lipinski definition) is 6. The van der Waals surface area contributed by atoms with Crippen LogP contribution in [0, 0.1) is 0 Å². The highest BCUT2D eigenvalue weighted by Gasteiger charge is 2.10. The topological polar surface area (TPSA) is 119 Å². The van der Waals surface area contributed by atoms with E-state index in [2.05, 4.69) is 25.2 Å². The van der Waals surface area contributed by atoms with E-state index in [1.165, 1.54) is 6.20 Å². The van der Waals surface area contributed by atoms with Crippen molar-refractivity contribution in [3.05, 3.63) is 42.3 Å². The van der Waals surface area contributed by atoms with Crippen LogP contribution in [0.2, 0.25) is 0 Å². The van der Waals surface area contributed by atoms with Gasteiger partial charge in [-0.05, 0) is 18.4 Å². The zero-order chi connectivity index (χ0) is 14.4. The fourth-order valence-electron chi connectivity index (χ4n) is 1.58. The van der Waals surface area contributed by atoms with Gasteiger partial charge in [0.15, 0.2) is 0 Å². The minimum Gasteiger partial charge on any atom is -0.405 e. The SMILES string of the molecule is CN=CC=C(N)c1cnc(C=CN)c(-c2cn[nH]c2)n1. The number of hydrogen-bond donors (Lipinski definition) is 3. The van der Waals surface area contributed by atoms with Gasteiger partial charge in [0.2, 0.25) is 0 Å². The Morgan fingerprint density at radius 1 is 1.40 bits per heavy atom. The maximum atomic E-state index is 5.93. The molecule has 102 valence electrons. The zero-order valence-corrected chi connectivity index (χ0v) is 11.0. The molecule has 0 amide bonds. The molecule has 7 heteroatoms. The average molecular weight is 269 g/mol. The van der Waals surface area contributed by atoms with Gasteiger partial charge < -0.3 is 11.5 Å². The fraction of sp³-hybridized carbons (Fsp3) is 0.0769. The Bertz CT molecular complexity index is 653. The van der Waals surface area contributed by atoms with Gasteiger partial charge in [0.1, 0.15) is 5.69 Å². The second-order valence-corrected chi connectivity index (χ2v) is 3.86. The molecule has 2 heterocycles. The lowest BCUT2D eigenvalue weighted by Crippen LogP contribution is -2.03. The zero-order valence-electron chi connectivity index (χ0n) is 11.0. The first-order valence-electron chi connectivity index (χ1n) is 5.89. The third kappa shape index (κ3) is 2.89. The van der Waals surface area contributed by atoms with E-state index in [9.17, 15) is 0 Å². The van der Waals surface area contributed by atoms with Gasteiger partial charge in [-0.2, -0.15) is 5.10 Å². The van der Waals surface area contributed by atoms with Crippen molar-refractivity contribution < 1.29 is 0 Å². The Labute approximate surface area is 116 Å². The van der Waals surface area contributed by atoms with Crippen molar-refractivity contribution in [2.75, 3.05) is 7.05 Å². The lowest BCUT2D eigenvalue weighted by Gasteiger charge is -2.06. The van der Waals surface area contributed by atoms with Crippen LogP contribution in [-0.4, -0.2) is 33.4 Å². The van der Waals surface area contributed by atoms with Gasteiger partial charge in [0.05, 0.1) is 29.5 Å². The third-order valence-corrected chi connectivity index (χ3v) is 2.53. The molecular formula is C13H15N7. The molecule has 7 nitrogen and oxygen atoms in total. The second kappa shape index (κ2) is 6.28. The summed E-state index contributed by atoms with van der Waals surface area (Å²) in [6, 6.07) is 0. The van der Waals surface area contributed by atoms with Crippen LogP contribution < -0.4 is 11.5 Å². The maximum absolute atomic E-state index is 5.93. The molecule has 0 bridgehead atoms. The molecule has 0 unspecified atom stereocenters. The fourth-order valence-corrected chi connectivity index (χ4v) is 1.58. The van der Waals surface area contributed by atoms with E-state index in [-0.39, 0.29) is 0 Å². The summed E-state index contributed by atoms with van der Waals surface area (Å²) in [4.78, 5) is 12.7. The lowest BCUT2D eigenvalue weighted by molar-refractivity contribution is 1.09. The van der Waals surface area contributed by atoms with E-state index < -0.39 is 0 Å². The maximum Gasteiger partial charge on any atom is 0.105 e. The number of allylic oxidation sites excluding steroid dienone is 1. The molecule has 0 atom stereocenters. The summed E-state index contributed by atoms with van der Waals surface area (Å²) in [5.74, 6) is 0. The van der Waals surface area contributed by atoms with Crippen LogP contribution in [0.15, 0.2) is 35.9 Å². The third-order valence-electron chi connectivity index (χ3n) is 2.53. The standard InChI is InChI=1S/C13H15N7/c1-16-5-3-10(15)12-8-17-11(2-4-14)13(20-12)9-6-18-19-7-9/h2-8H,14-15H2,1H3,(H,18,19). The van der Waals surface area contributed by atoms with E-state index in [4.69, 9.17) is 11.5 Å². The van der Waals surface area contributed by atoms with Crippen LogP contribution in [0.4, 0.5) is 0 Å². The molecule has 0 aliphatic heterocycles. The Kier molecular flexibility index (Phi) is 4.23. The van der Waals surface area contributed by atoms with Crippen LogP contribution in [0.3, 0.4) is 0 Å². The van der Waals surface area contributed by atoms with Crippen molar-refractivity contribution in [1.82, 2.24) is 20.2 Å². The summed E-state index contributed by atoms with van der Waals surface area (Å²) < 4.78 is 0. The van der Waals surface area contributed by atoms with Gasteiger partial charge >= 0.3 is 0 Å².